The van der Waals surface area contributed by atoms with E-state index in [0.717, 1.165) is 41.6 Å². The summed E-state index contributed by atoms with van der Waals surface area (Å²) >= 11 is 0. The van der Waals surface area contributed by atoms with Gasteiger partial charge in [0.1, 0.15) is 5.52 Å². The van der Waals surface area contributed by atoms with Gasteiger partial charge in [-0.2, -0.15) is 4.98 Å². The summed E-state index contributed by atoms with van der Waals surface area (Å²) in [5.74, 6) is 0.590. The van der Waals surface area contributed by atoms with E-state index in [1.165, 1.54) is 0 Å². The number of aromatic nitrogens is 4. The highest BCUT2D eigenvalue weighted by Gasteiger charge is 2.11. The van der Waals surface area contributed by atoms with E-state index >= 15 is 0 Å². The maximum absolute atomic E-state index is 4.59. The van der Waals surface area contributed by atoms with E-state index < -0.39 is 0 Å². The molecule has 0 atom stereocenters. The Balaban J connectivity index is 1.86. The van der Waals surface area contributed by atoms with Crippen LogP contribution in [0.15, 0.2) is 24.3 Å². The van der Waals surface area contributed by atoms with Gasteiger partial charge in [-0.15, -0.1) is 10.2 Å². The van der Waals surface area contributed by atoms with Gasteiger partial charge in [0.15, 0.2) is 5.65 Å². The summed E-state index contributed by atoms with van der Waals surface area (Å²) in [5, 5.41) is 12.9. The molecule has 0 radical (unpaired) electrons. The first-order chi connectivity index (χ1) is 10.2. The van der Waals surface area contributed by atoms with Crippen LogP contribution in [0.2, 0.25) is 0 Å². The number of nitrogens with one attached hydrogen (secondary N) is 1. The van der Waals surface area contributed by atoms with Crippen molar-refractivity contribution in [1.82, 2.24) is 24.6 Å². The third-order valence-corrected chi connectivity index (χ3v) is 3.57. The maximum atomic E-state index is 4.59. The zero-order valence-electron chi connectivity index (χ0n) is 12.7. The molecule has 110 valence electrons. The number of fused-ring (bicyclic) bond motifs is 3. The lowest BCUT2D eigenvalue weighted by Crippen LogP contribution is -2.17. The van der Waals surface area contributed by atoms with E-state index in [1.807, 2.05) is 19.2 Å². The van der Waals surface area contributed by atoms with Gasteiger partial charge in [0.2, 0.25) is 5.95 Å². The van der Waals surface area contributed by atoms with Gasteiger partial charge in [-0.25, -0.2) is 0 Å². The normalized spacial score (nSPS) is 11.6. The minimum absolute atomic E-state index is 0.590. The predicted octanol–water partition coefficient (Wildman–Crippen LogP) is 1.88. The van der Waals surface area contributed by atoms with Crippen LogP contribution in [0.3, 0.4) is 0 Å². The fourth-order valence-electron chi connectivity index (χ4n) is 2.48. The molecule has 2 aromatic heterocycles. The molecule has 6 nitrogen and oxygen atoms in total. The van der Waals surface area contributed by atoms with E-state index in [-0.39, 0.29) is 0 Å². The molecule has 0 saturated heterocycles. The molecule has 1 N–H and O–H groups in total. The average molecular weight is 284 g/mol. The molecule has 1 aromatic carbocycles. The lowest BCUT2D eigenvalue weighted by atomic mass is 10.2. The molecule has 0 saturated carbocycles. The topological polar surface area (TPSA) is 58.9 Å². The van der Waals surface area contributed by atoms with Crippen molar-refractivity contribution >= 4 is 28.0 Å². The molecule has 3 aromatic rings. The molecule has 2 heterocycles. The number of nitrogens with zero attached hydrogens (tertiary/aromatic N) is 5. The third kappa shape index (κ3) is 2.67. The van der Waals surface area contributed by atoms with Crippen LogP contribution in [0.5, 0.6) is 0 Å². The molecule has 0 spiro atoms. The highest BCUT2D eigenvalue weighted by Crippen LogP contribution is 2.24. The van der Waals surface area contributed by atoms with Crippen LogP contribution < -0.4 is 5.32 Å². The van der Waals surface area contributed by atoms with Crippen LogP contribution >= 0.6 is 0 Å². The van der Waals surface area contributed by atoms with Gasteiger partial charge in [0.05, 0.1) is 5.52 Å². The molecule has 6 heteroatoms. The minimum Gasteiger partial charge on any atom is -0.353 e. The van der Waals surface area contributed by atoms with E-state index in [4.69, 9.17) is 0 Å². The van der Waals surface area contributed by atoms with Gasteiger partial charge >= 0.3 is 0 Å². The highest BCUT2D eigenvalue weighted by molar-refractivity contribution is 6.04. The zero-order chi connectivity index (χ0) is 14.8. The van der Waals surface area contributed by atoms with Crippen molar-refractivity contribution in [3.63, 3.8) is 0 Å². The van der Waals surface area contributed by atoms with Gasteiger partial charge < -0.3 is 14.8 Å². The molecule has 21 heavy (non-hydrogen) atoms. The minimum atomic E-state index is 0.590. The largest absolute Gasteiger partial charge is 0.353 e. The molecule has 0 bridgehead atoms. The number of para-hydroxylation sites is 1. The zero-order valence-corrected chi connectivity index (χ0v) is 12.7. The van der Waals surface area contributed by atoms with Crippen LogP contribution in [0.4, 0.5) is 5.95 Å². The van der Waals surface area contributed by atoms with Crippen LogP contribution in [0.1, 0.15) is 6.42 Å². The Morgan fingerprint density at radius 3 is 2.81 bits per heavy atom. The van der Waals surface area contributed by atoms with Crippen LogP contribution in [0, 0.1) is 0 Å². The van der Waals surface area contributed by atoms with Crippen molar-refractivity contribution in [2.24, 2.45) is 7.05 Å². The molecule has 0 aliphatic heterocycles. The van der Waals surface area contributed by atoms with Gasteiger partial charge in [-0.3, -0.25) is 0 Å². The first-order valence-electron chi connectivity index (χ1n) is 7.13. The van der Waals surface area contributed by atoms with Gasteiger partial charge in [0.25, 0.3) is 0 Å². The van der Waals surface area contributed by atoms with E-state index in [2.05, 4.69) is 56.2 Å². The molecule has 0 aliphatic carbocycles. The Morgan fingerprint density at radius 2 is 2.00 bits per heavy atom. The van der Waals surface area contributed by atoms with Gasteiger partial charge in [0, 0.05) is 19.0 Å². The lowest BCUT2D eigenvalue weighted by molar-refractivity contribution is 0.405. The number of aryl methyl sites for hydroxylation is 1. The predicted molar refractivity (Wildman–Crippen MR) is 85.5 cm³/mol. The molecule has 0 fully saturated rings. The average Bonchev–Trinajstić information content (AvgIpc) is 2.77. The smallest absolute Gasteiger partial charge is 0.244 e. The number of rotatable bonds is 5. The second-order valence-electron chi connectivity index (χ2n) is 5.47. The SMILES string of the molecule is CN(C)CCCNc1nnc2c3ccccc3n(C)c2n1. The molecule has 0 unspecified atom stereocenters. The van der Waals surface area contributed by atoms with E-state index in [0.29, 0.717) is 5.95 Å². The number of hydrogen-bond acceptors (Lipinski definition) is 5. The Morgan fingerprint density at radius 1 is 1.19 bits per heavy atom. The fraction of sp³-hybridized carbons (Fsp3) is 0.400. The summed E-state index contributed by atoms with van der Waals surface area (Å²) in [6, 6.07) is 8.16. The maximum Gasteiger partial charge on any atom is 0.244 e. The Bertz CT molecular complexity index is 761. The van der Waals surface area contributed by atoms with Crippen molar-refractivity contribution in [2.75, 3.05) is 32.5 Å². The standard InChI is InChI=1S/C15H20N6/c1-20(2)10-6-9-16-15-17-14-13(18-19-15)11-7-4-5-8-12(11)21(14)3/h4-5,7-8H,6,9-10H2,1-3H3,(H,16,17,19). The van der Waals surface area contributed by atoms with Crippen molar-refractivity contribution in [2.45, 2.75) is 6.42 Å². The first-order valence-corrected chi connectivity index (χ1v) is 7.13. The van der Waals surface area contributed by atoms with Gasteiger partial charge in [-0.05, 0) is 33.1 Å². The lowest BCUT2D eigenvalue weighted by Gasteiger charge is -2.09. The molecule has 0 aliphatic rings. The summed E-state index contributed by atoms with van der Waals surface area (Å²) in [5.41, 5.74) is 2.84. The summed E-state index contributed by atoms with van der Waals surface area (Å²) in [7, 11) is 6.15. The molecular weight excluding hydrogens is 264 g/mol. The van der Waals surface area contributed by atoms with E-state index in [1.54, 1.807) is 0 Å². The molecular formula is C15H20N6. The van der Waals surface area contributed by atoms with Crippen LogP contribution in [-0.2, 0) is 7.05 Å². The summed E-state index contributed by atoms with van der Waals surface area (Å²) in [6.07, 6.45) is 1.05. The Hall–Kier alpha value is -2.21. The number of hydrogen-bond donors (Lipinski definition) is 1. The second-order valence-corrected chi connectivity index (χ2v) is 5.47. The van der Waals surface area contributed by atoms with Crippen molar-refractivity contribution in [1.29, 1.82) is 0 Å². The summed E-state index contributed by atoms with van der Waals surface area (Å²) in [4.78, 5) is 6.75. The number of anilines is 1. The van der Waals surface area contributed by atoms with Crippen molar-refractivity contribution in [3.8, 4) is 0 Å². The third-order valence-electron chi connectivity index (χ3n) is 3.57. The second kappa shape index (κ2) is 5.65. The number of benzene rings is 1. The Labute approximate surface area is 123 Å². The quantitative estimate of drug-likeness (QED) is 0.725. The van der Waals surface area contributed by atoms with Crippen molar-refractivity contribution < 1.29 is 0 Å². The summed E-state index contributed by atoms with van der Waals surface area (Å²) < 4.78 is 2.06. The molecule has 0 amide bonds. The molecule has 3 rings (SSSR count). The first kappa shape index (κ1) is 13.8. The van der Waals surface area contributed by atoms with Crippen LogP contribution in [0.25, 0.3) is 22.1 Å². The summed E-state index contributed by atoms with van der Waals surface area (Å²) in [6.45, 7) is 1.88. The van der Waals surface area contributed by atoms with Gasteiger partial charge in [-0.1, -0.05) is 18.2 Å². The monoisotopic (exact) mass is 284 g/mol. The van der Waals surface area contributed by atoms with Crippen molar-refractivity contribution in [3.05, 3.63) is 24.3 Å². The van der Waals surface area contributed by atoms with E-state index in [9.17, 15) is 0 Å². The highest BCUT2D eigenvalue weighted by atomic mass is 15.3. The van der Waals surface area contributed by atoms with Crippen LogP contribution in [-0.4, -0.2) is 51.8 Å². The fourth-order valence-corrected chi connectivity index (χ4v) is 2.48. The Kier molecular flexibility index (Phi) is 3.70.